The smallest absolute Gasteiger partial charge is 0.231 e. The normalized spacial score (nSPS) is 17.4. The van der Waals surface area contributed by atoms with Gasteiger partial charge >= 0.3 is 0 Å². The molecule has 22 heavy (non-hydrogen) atoms. The zero-order valence-corrected chi connectivity index (χ0v) is 13.3. The van der Waals surface area contributed by atoms with Gasteiger partial charge in [0.1, 0.15) is 6.04 Å². The molecule has 0 heterocycles. The molecule has 0 bridgehead atoms. The third kappa shape index (κ3) is 2.87. The molecule has 1 aromatic rings. The van der Waals surface area contributed by atoms with Gasteiger partial charge in [-0.1, -0.05) is 18.9 Å². The average Bonchev–Trinajstić information content (AvgIpc) is 3.04. The quantitative estimate of drug-likeness (QED) is 0.907. The Balaban J connectivity index is 2.39. The summed E-state index contributed by atoms with van der Waals surface area (Å²) < 4.78 is 10.6. The molecule has 1 N–H and O–H groups in total. The van der Waals surface area contributed by atoms with E-state index in [0.29, 0.717) is 11.5 Å². The monoisotopic (exact) mass is 302 g/mol. The van der Waals surface area contributed by atoms with Crippen molar-refractivity contribution in [3.05, 3.63) is 23.8 Å². The van der Waals surface area contributed by atoms with E-state index in [9.17, 15) is 4.79 Å². The summed E-state index contributed by atoms with van der Waals surface area (Å²) in [5.41, 5.74) is 0.343. The Labute approximate surface area is 131 Å². The van der Waals surface area contributed by atoms with Crippen LogP contribution in [0.2, 0.25) is 0 Å². The van der Waals surface area contributed by atoms with E-state index >= 15 is 0 Å². The van der Waals surface area contributed by atoms with Crippen molar-refractivity contribution in [2.24, 2.45) is 0 Å². The summed E-state index contributed by atoms with van der Waals surface area (Å²) >= 11 is 0. The van der Waals surface area contributed by atoms with E-state index in [0.717, 1.165) is 31.2 Å². The van der Waals surface area contributed by atoms with Gasteiger partial charge in [-0.25, -0.2) is 0 Å². The van der Waals surface area contributed by atoms with Gasteiger partial charge in [-0.3, -0.25) is 4.79 Å². The molecule has 118 valence electrons. The molecule has 5 heteroatoms. The Morgan fingerprint density at radius 1 is 1.27 bits per heavy atom. The molecular formula is C17H22N2O3. The van der Waals surface area contributed by atoms with E-state index in [1.807, 2.05) is 18.2 Å². The molecule has 1 fully saturated rings. The maximum Gasteiger partial charge on any atom is 0.231 e. The number of carbonyl (C=O) groups is 1. The lowest BCUT2D eigenvalue weighted by Gasteiger charge is -2.29. The minimum absolute atomic E-state index is 0.0775. The molecular weight excluding hydrogens is 280 g/mol. The third-order valence-electron chi connectivity index (χ3n) is 4.37. The Kier molecular flexibility index (Phi) is 4.92. The number of methoxy groups -OCH3 is 2. The molecule has 0 radical (unpaired) electrons. The molecule has 0 saturated heterocycles. The first kappa shape index (κ1) is 16.2. The number of nitriles is 1. The van der Waals surface area contributed by atoms with Crippen molar-refractivity contribution < 1.29 is 14.3 Å². The standard InChI is InChI=1S/C17H22N2O3/c1-12(11-18)19-16(20)17(8-4-5-9-17)13-6-7-14(21-2)15(10-13)22-3/h6-7,10,12H,4-5,8-9H2,1-3H3,(H,19,20). The van der Waals surface area contributed by atoms with Crippen LogP contribution in [0.3, 0.4) is 0 Å². The topological polar surface area (TPSA) is 71.3 Å². The van der Waals surface area contributed by atoms with Crippen molar-refractivity contribution >= 4 is 5.91 Å². The van der Waals surface area contributed by atoms with E-state index in [2.05, 4.69) is 11.4 Å². The van der Waals surface area contributed by atoms with Gasteiger partial charge in [0, 0.05) is 0 Å². The highest BCUT2D eigenvalue weighted by Gasteiger charge is 2.43. The fourth-order valence-electron chi connectivity index (χ4n) is 3.13. The molecule has 1 atom stereocenters. The molecule has 5 nitrogen and oxygen atoms in total. The lowest BCUT2D eigenvalue weighted by Crippen LogP contribution is -2.45. The summed E-state index contributed by atoms with van der Waals surface area (Å²) in [6, 6.07) is 7.18. The third-order valence-corrected chi connectivity index (χ3v) is 4.37. The minimum Gasteiger partial charge on any atom is -0.493 e. The van der Waals surface area contributed by atoms with E-state index in [1.165, 1.54) is 0 Å². The number of rotatable bonds is 5. The minimum atomic E-state index is -0.579. The first-order chi connectivity index (χ1) is 10.6. The first-order valence-corrected chi connectivity index (χ1v) is 7.50. The molecule has 1 aliphatic carbocycles. The van der Waals surface area contributed by atoms with Gasteiger partial charge in [0.05, 0.1) is 25.7 Å². The van der Waals surface area contributed by atoms with Gasteiger partial charge < -0.3 is 14.8 Å². The van der Waals surface area contributed by atoms with Crippen LogP contribution in [0.25, 0.3) is 0 Å². The molecule has 1 aromatic carbocycles. The summed E-state index contributed by atoms with van der Waals surface area (Å²) in [6.07, 6.45) is 3.57. The summed E-state index contributed by atoms with van der Waals surface area (Å²) in [4.78, 5) is 12.8. The summed E-state index contributed by atoms with van der Waals surface area (Å²) in [7, 11) is 3.17. The zero-order valence-electron chi connectivity index (χ0n) is 13.3. The van der Waals surface area contributed by atoms with Crippen molar-refractivity contribution in [3.63, 3.8) is 0 Å². The van der Waals surface area contributed by atoms with Crippen molar-refractivity contribution in [3.8, 4) is 17.6 Å². The van der Waals surface area contributed by atoms with Gasteiger partial charge in [0.25, 0.3) is 0 Å². The van der Waals surface area contributed by atoms with Crippen LogP contribution in [0, 0.1) is 11.3 Å². The van der Waals surface area contributed by atoms with Gasteiger partial charge in [-0.05, 0) is 37.5 Å². The van der Waals surface area contributed by atoms with Crippen LogP contribution in [0.5, 0.6) is 11.5 Å². The van der Waals surface area contributed by atoms with Crippen LogP contribution in [0.15, 0.2) is 18.2 Å². The van der Waals surface area contributed by atoms with Crippen LogP contribution in [0.1, 0.15) is 38.2 Å². The lowest BCUT2D eigenvalue weighted by molar-refractivity contribution is -0.127. The SMILES string of the molecule is COc1ccc(C2(C(=O)NC(C)C#N)CCCC2)cc1OC. The number of carbonyl (C=O) groups excluding carboxylic acids is 1. The Bertz CT molecular complexity index is 586. The van der Waals surface area contributed by atoms with Crippen molar-refractivity contribution in [1.82, 2.24) is 5.32 Å². The summed E-state index contributed by atoms with van der Waals surface area (Å²) in [6.45, 7) is 1.69. The fourth-order valence-corrected chi connectivity index (χ4v) is 3.13. The Hall–Kier alpha value is -2.22. The summed E-state index contributed by atoms with van der Waals surface area (Å²) in [5.74, 6) is 1.18. The Morgan fingerprint density at radius 2 is 1.91 bits per heavy atom. The maximum atomic E-state index is 12.8. The fraction of sp³-hybridized carbons (Fsp3) is 0.529. The molecule has 2 rings (SSSR count). The van der Waals surface area contributed by atoms with Crippen molar-refractivity contribution in [2.45, 2.75) is 44.1 Å². The van der Waals surface area contributed by atoms with Gasteiger partial charge in [-0.15, -0.1) is 0 Å². The number of amides is 1. The number of hydrogen-bond donors (Lipinski definition) is 1. The van der Waals surface area contributed by atoms with E-state index in [1.54, 1.807) is 21.1 Å². The number of hydrogen-bond acceptors (Lipinski definition) is 4. The van der Waals surface area contributed by atoms with Crippen LogP contribution in [0.4, 0.5) is 0 Å². The largest absolute Gasteiger partial charge is 0.493 e. The highest BCUT2D eigenvalue weighted by molar-refractivity contribution is 5.89. The van der Waals surface area contributed by atoms with Crippen LogP contribution in [-0.2, 0) is 10.2 Å². The molecule has 0 aromatic heterocycles. The average molecular weight is 302 g/mol. The van der Waals surface area contributed by atoms with Gasteiger partial charge in [0.2, 0.25) is 5.91 Å². The number of nitrogens with one attached hydrogen (secondary N) is 1. The Morgan fingerprint density at radius 3 is 2.45 bits per heavy atom. The second-order valence-corrected chi connectivity index (χ2v) is 5.68. The highest BCUT2D eigenvalue weighted by atomic mass is 16.5. The van der Waals surface area contributed by atoms with E-state index in [4.69, 9.17) is 14.7 Å². The predicted molar refractivity (Wildman–Crippen MR) is 82.9 cm³/mol. The molecule has 1 saturated carbocycles. The van der Waals surface area contributed by atoms with Gasteiger partial charge in [-0.2, -0.15) is 5.26 Å². The van der Waals surface area contributed by atoms with Crippen molar-refractivity contribution in [1.29, 1.82) is 5.26 Å². The second-order valence-electron chi connectivity index (χ2n) is 5.68. The van der Waals surface area contributed by atoms with Crippen LogP contribution in [-0.4, -0.2) is 26.2 Å². The van der Waals surface area contributed by atoms with Gasteiger partial charge in [0.15, 0.2) is 11.5 Å². The number of ether oxygens (including phenoxy) is 2. The van der Waals surface area contributed by atoms with Crippen molar-refractivity contribution in [2.75, 3.05) is 14.2 Å². The molecule has 1 aliphatic rings. The number of nitrogens with zero attached hydrogens (tertiary/aromatic N) is 1. The molecule has 1 amide bonds. The van der Waals surface area contributed by atoms with Crippen LogP contribution >= 0.6 is 0 Å². The van der Waals surface area contributed by atoms with E-state index < -0.39 is 11.5 Å². The number of benzene rings is 1. The first-order valence-electron chi connectivity index (χ1n) is 7.50. The summed E-state index contributed by atoms with van der Waals surface area (Å²) in [5, 5.41) is 11.7. The highest BCUT2D eigenvalue weighted by Crippen LogP contribution is 2.43. The molecule has 0 aliphatic heterocycles. The molecule has 0 spiro atoms. The maximum absolute atomic E-state index is 12.8. The molecule has 1 unspecified atom stereocenters. The second kappa shape index (κ2) is 6.69. The van der Waals surface area contributed by atoms with Crippen LogP contribution < -0.4 is 14.8 Å². The predicted octanol–water partition coefficient (Wildman–Crippen LogP) is 2.54. The zero-order chi connectivity index (χ0) is 16.2. The van der Waals surface area contributed by atoms with E-state index in [-0.39, 0.29) is 5.91 Å². The lowest BCUT2D eigenvalue weighted by atomic mass is 9.77.